The Balaban J connectivity index is 0.00000484. The van der Waals surface area contributed by atoms with Crippen molar-refractivity contribution in [1.29, 1.82) is 0 Å². The van der Waals surface area contributed by atoms with E-state index in [-0.39, 0.29) is 24.0 Å². The standard InChI is InChI=1S/C16H30N4OS.HI/c1-5-14-10-19-15(22-14)11-20-16(17-6-2)18-8-7-9-21-12-13(3)4;/h10,13H,5-9,11-12H2,1-4H3,(H2,17,18,20);1H. The summed E-state index contributed by atoms with van der Waals surface area (Å²) < 4.78 is 5.57. The van der Waals surface area contributed by atoms with Gasteiger partial charge in [0.05, 0.1) is 6.54 Å². The minimum absolute atomic E-state index is 0. The largest absolute Gasteiger partial charge is 0.381 e. The maximum absolute atomic E-state index is 5.57. The molecule has 1 aromatic heterocycles. The summed E-state index contributed by atoms with van der Waals surface area (Å²) in [5.74, 6) is 1.44. The number of nitrogens with zero attached hydrogens (tertiary/aromatic N) is 2. The SMILES string of the molecule is CCNC(=NCc1ncc(CC)s1)NCCCOCC(C)C.I. The van der Waals surface area contributed by atoms with E-state index in [1.807, 2.05) is 6.20 Å². The lowest BCUT2D eigenvalue weighted by molar-refractivity contribution is 0.108. The molecule has 2 N–H and O–H groups in total. The Morgan fingerprint density at radius 2 is 2.13 bits per heavy atom. The van der Waals surface area contributed by atoms with E-state index < -0.39 is 0 Å². The first-order valence-corrected chi connectivity index (χ1v) is 9.00. The molecule has 0 spiro atoms. The quantitative estimate of drug-likeness (QED) is 0.246. The Kier molecular flexibility index (Phi) is 13.7. The maximum atomic E-state index is 5.57. The van der Waals surface area contributed by atoms with E-state index in [0.717, 1.165) is 50.1 Å². The normalized spacial score (nSPS) is 11.4. The highest BCUT2D eigenvalue weighted by molar-refractivity contribution is 14.0. The first-order valence-electron chi connectivity index (χ1n) is 8.19. The van der Waals surface area contributed by atoms with Crippen molar-refractivity contribution in [3.05, 3.63) is 16.1 Å². The molecule has 7 heteroatoms. The highest BCUT2D eigenvalue weighted by Gasteiger charge is 2.01. The molecule has 0 atom stereocenters. The third-order valence-corrected chi connectivity index (χ3v) is 4.00. The number of thiazole rings is 1. The molecule has 0 bridgehead atoms. The Bertz CT molecular complexity index is 437. The van der Waals surface area contributed by atoms with Crippen LogP contribution in [0.15, 0.2) is 11.2 Å². The van der Waals surface area contributed by atoms with Crippen molar-refractivity contribution in [2.75, 3.05) is 26.3 Å². The van der Waals surface area contributed by atoms with Crippen LogP contribution < -0.4 is 10.6 Å². The summed E-state index contributed by atoms with van der Waals surface area (Å²) in [5.41, 5.74) is 0. The van der Waals surface area contributed by atoms with Crippen LogP contribution in [0.5, 0.6) is 0 Å². The van der Waals surface area contributed by atoms with Gasteiger partial charge in [0.15, 0.2) is 5.96 Å². The van der Waals surface area contributed by atoms with E-state index >= 15 is 0 Å². The van der Waals surface area contributed by atoms with Gasteiger partial charge in [-0.3, -0.25) is 0 Å². The second-order valence-electron chi connectivity index (χ2n) is 5.52. The van der Waals surface area contributed by atoms with Gasteiger partial charge in [-0.05, 0) is 25.7 Å². The predicted octanol–water partition coefficient (Wildman–Crippen LogP) is 3.44. The third-order valence-electron chi connectivity index (χ3n) is 2.88. The summed E-state index contributed by atoms with van der Waals surface area (Å²) in [6.07, 6.45) is 3.96. The molecule has 23 heavy (non-hydrogen) atoms. The zero-order chi connectivity index (χ0) is 16.2. The van der Waals surface area contributed by atoms with E-state index in [0.29, 0.717) is 12.5 Å². The molecule has 0 saturated heterocycles. The topological polar surface area (TPSA) is 58.5 Å². The van der Waals surface area contributed by atoms with Gasteiger partial charge in [0.2, 0.25) is 0 Å². The van der Waals surface area contributed by atoms with Crippen molar-refractivity contribution in [3.8, 4) is 0 Å². The van der Waals surface area contributed by atoms with Crippen molar-refractivity contribution < 1.29 is 4.74 Å². The van der Waals surface area contributed by atoms with Crippen molar-refractivity contribution in [1.82, 2.24) is 15.6 Å². The first kappa shape index (κ1) is 22.6. The lowest BCUT2D eigenvalue weighted by Gasteiger charge is -2.11. The number of aryl methyl sites for hydroxylation is 1. The van der Waals surface area contributed by atoms with E-state index in [1.54, 1.807) is 11.3 Å². The zero-order valence-electron chi connectivity index (χ0n) is 14.7. The maximum Gasteiger partial charge on any atom is 0.191 e. The average molecular weight is 454 g/mol. The number of halogens is 1. The van der Waals surface area contributed by atoms with E-state index in [9.17, 15) is 0 Å². The number of aromatic nitrogens is 1. The van der Waals surface area contributed by atoms with Gasteiger partial charge in [0, 0.05) is 37.4 Å². The van der Waals surface area contributed by atoms with Crippen LogP contribution in [0.4, 0.5) is 0 Å². The number of rotatable bonds is 10. The highest BCUT2D eigenvalue weighted by atomic mass is 127. The molecule has 134 valence electrons. The number of hydrogen-bond donors (Lipinski definition) is 2. The summed E-state index contributed by atoms with van der Waals surface area (Å²) in [6, 6.07) is 0. The molecule has 0 unspecified atom stereocenters. The van der Waals surface area contributed by atoms with Crippen molar-refractivity contribution >= 4 is 41.3 Å². The Morgan fingerprint density at radius 1 is 1.35 bits per heavy atom. The van der Waals surface area contributed by atoms with Gasteiger partial charge >= 0.3 is 0 Å². The number of nitrogens with one attached hydrogen (secondary N) is 2. The van der Waals surface area contributed by atoms with Crippen LogP contribution in [-0.2, 0) is 17.7 Å². The average Bonchev–Trinajstić information content (AvgIpc) is 2.96. The van der Waals surface area contributed by atoms with Crippen LogP contribution in [0, 0.1) is 5.92 Å². The fraction of sp³-hybridized carbons (Fsp3) is 0.750. The second-order valence-corrected chi connectivity index (χ2v) is 6.72. The molecular formula is C16H31IN4OS. The Labute approximate surface area is 161 Å². The number of aliphatic imine (C=N–C) groups is 1. The molecule has 0 radical (unpaired) electrons. The minimum atomic E-state index is 0. The van der Waals surface area contributed by atoms with Crippen molar-refractivity contribution in [2.24, 2.45) is 10.9 Å². The molecular weight excluding hydrogens is 423 g/mol. The summed E-state index contributed by atoms with van der Waals surface area (Å²) in [5, 5.41) is 7.66. The summed E-state index contributed by atoms with van der Waals surface area (Å²) >= 11 is 1.74. The summed E-state index contributed by atoms with van der Waals surface area (Å²) in [4.78, 5) is 10.3. The van der Waals surface area contributed by atoms with Crippen molar-refractivity contribution in [3.63, 3.8) is 0 Å². The van der Waals surface area contributed by atoms with Crippen LogP contribution >= 0.6 is 35.3 Å². The van der Waals surface area contributed by atoms with Gasteiger partial charge in [-0.2, -0.15) is 0 Å². The number of ether oxygens (including phenoxy) is 1. The Morgan fingerprint density at radius 3 is 2.74 bits per heavy atom. The van der Waals surface area contributed by atoms with E-state index in [4.69, 9.17) is 4.74 Å². The predicted molar refractivity (Wildman–Crippen MR) is 110 cm³/mol. The molecule has 0 aliphatic heterocycles. The van der Waals surface area contributed by atoms with Gasteiger partial charge in [-0.1, -0.05) is 20.8 Å². The number of guanidine groups is 1. The lowest BCUT2D eigenvalue weighted by Crippen LogP contribution is -2.38. The highest BCUT2D eigenvalue weighted by Crippen LogP contribution is 2.13. The van der Waals surface area contributed by atoms with E-state index in [2.05, 4.69) is 48.3 Å². The summed E-state index contributed by atoms with van der Waals surface area (Å²) in [6.45, 7) is 12.5. The van der Waals surface area contributed by atoms with Gasteiger partial charge in [0.1, 0.15) is 5.01 Å². The Hall–Kier alpha value is -0.410. The molecule has 0 aliphatic rings. The molecule has 5 nitrogen and oxygen atoms in total. The van der Waals surface area contributed by atoms with Crippen LogP contribution in [0.3, 0.4) is 0 Å². The van der Waals surface area contributed by atoms with Gasteiger partial charge in [-0.15, -0.1) is 35.3 Å². The molecule has 0 aromatic carbocycles. The van der Waals surface area contributed by atoms with Gasteiger partial charge in [-0.25, -0.2) is 9.98 Å². The molecule has 1 rings (SSSR count). The molecule has 1 heterocycles. The second kappa shape index (κ2) is 14.0. The van der Waals surface area contributed by atoms with Crippen LogP contribution in [0.25, 0.3) is 0 Å². The fourth-order valence-electron chi connectivity index (χ4n) is 1.77. The minimum Gasteiger partial charge on any atom is -0.381 e. The zero-order valence-corrected chi connectivity index (χ0v) is 17.9. The smallest absolute Gasteiger partial charge is 0.191 e. The first-order chi connectivity index (χ1) is 10.7. The summed E-state index contributed by atoms with van der Waals surface area (Å²) in [7, 11) is 0. The molecule has 0 fully saturated rings. The fourth-order valence-corrected chi connectivity index (χ4v) is 2.56. The van der Waals surface area contributed by atoms with E-state index in [1.165, 1.54) is 4.88 Å². The molecule has 0 saturated carbocycles. The van der Waals surface area contributed by atoms with Crippen LogP contribution in [-0.4, -0.2) is 37.2 Å². The third kappa shape index (κ3) is 10.9. The molecule has 1 aromatic rings. The monoisotopic (exact) mass is 454 g/mol. The molecule has 0 aliphatic carbocycles. The number of hydrogen-bond acceptors (Lipinski definition) is 4. The van der Waals surface area contributed by atoms with Crippen molar-refractivity contribution in [2.45, 2.75) is 47.1 Å². The van der Waals surface area contributed by atoms with Gasteiger partial charge in [0.25, 0.3) is 0 Å². The molecule has 0 amide bonds. The van der Waals surface area contributed by atoms with Gasteiger partial charge < -0.3 is 15.4 Å². The van der Waals surface area contributed by atoms with Crippen LogP contribution in [0.2, 0.25) is 0 Å². The lowest BCUT2D eigenvalue weighted by atomic mass is 10.2. The van der Waals surface area contributed by atoms with Crippen LogP contribution in [0.1, 0.15) is 44.0 Å².